The van der Waals surface area contributed by atoms with Crippen LogP contribution in [0.4, 0.5) is 0 Å². The quantitative estimate of drug-likeness (QED) is 0.545. The minimum absolute atomic E-state index is 0.133. The number of piperazine rings is 1. The minimum atomic E-state index is 0.133. The number of carbonyl (C=O) groups is 1. The second kappa shape index (κ2) is 9.77. The van der Waals surface area contributed by atoms with Crippen molar-refractivity contribution < 1.29 is 9.53 Å². The Bertz CT molecular complexity index is 970. The van der Waals surface area contributed by atoms with E-state index in [0.29, 0.717) is 10.9 Å². The van der Waals surface area contributed by atoms with Crippen molar-refractivity contribution in [1.29, 1.82) is 0 Å². The summed E-state index contributed by atoms with van der Waals surface area (Å²) in [5.41, 5.74) is 2.16. The number of carbonyl (C=O) groups excluding carboxylic acids is 1. The number of rotatable bonds is 7. The maximum absolute atomic E-state index is 12.7. The Morgan fingerprint density at radius 3 is 2.53 bits per heavy atom. The van der Waals surface area contributed by atoms with Crippen molar-refractivity contribution in [3.63, 3.8) is 0 Å². The van der Waals surface area contributed by atoms with E-state index in [1.54, 1.807) is 13.4 Å². The van der Waals surface area contributed by atoms with Crippen LogP contribution in [-0.2, 0) is 11.3 Å². The molecular formula is C22H25N5O2S. The normalized spacial score (nSPS) is 14.6. The van der Waals surface area contributed by atoms with Crippen LogP contribution in [0.5, 0.6) is 5.75 Å². The molecule has 156 valence electrons. The van der Waals surface area contributed by atoms with E-state index in [-0.39, 0.29) is 5.91 Å². The van der Waals surface area contributed by atoms with E-state index in [1.807, 2.05) is 39.8 Å². The molecule has 1 fully saturated rings. The third kappa shape index (κ3) is 4.83. The predicted molar refractivity (Wildman–Crippen MR) is 117 cm³/mol. The lowest BCUT2D eigenvalue weighted by molar-refractivity contribution is -0.130. The minimum Gasteiger partial charge on any atom is -0.495 e. The van der Waals surface area contributed by atoms with Gasteiger partial charge in [0, 0.05) is 32.7 Å². The molecule has 1 aliphatic heterocycles. The van der Waals surface area contributed by atoms with E-state index >= 15 is 0 Å². The van der Waals surface area contributed by atoms with Gasteiger partial charge >= 0.3 is 0 Å². The van der Waals surface area contributed by atoms with Crippen LogP contribution < -0.4 is 4.74 Å². The molecule has 30 heavy (non-hydrogen) atoms. The molecule has 0 radical (unpaired) electrons. The summed E-state index contributed by atoms with van der Waals surface area (Å²) in [7, 11) is 1.64. The second-order valence-electron chi connectivity index (χ2n) is 7.09. The lowest BCUT2D eigenvalue weighted by Crippen LogP contribution is -2.48. The van der Waals surface area contributed by atoms with Gasteiger partial charge in [-0.05, 0) is 17.7 Å². The second-order valence-corrected chi connectivity index (χ2v) is 8.03. The molecule has 8 heteroatoms. The van der Waals surface area contributed by atoms with Crippen LogP contribution in [0.25, 0.3) is 5.69 Å². The molecule has 2 heterocycles. The number of hydrogen-bond acceptors (Lipinski definition) is 6. The lowest BCUT2D eigenvalue weighted by Gasteiger charge is -2.34. The van der Waals surface area contributed by atoms with Crippen molar-refractivity contribution in [2.45, 2.75) is 11.7 Å². The molecule has 1 saturated heterocycles. The number of amides is 1. The largest absolute Gasteiger partial charge is 0.495 e. The topological polar surface area (TPSA) is 63.5 Å². The Hall–Kier alpha value is -2.84. The molecule has 0 bridgehead atoms. The Labute approximate surface area is 180 Å². The summed E-state index contributed by atoms with van der Waals surface area (Å²) in [6.07, 6.45) is 1.65. The maximum atomic E-state index is 12.7. The standard InChI is InChI=1S/C22H25N5O2S/c1-29-20-10-6-5-9-19(20)27-17-23-24-22(27)30-16-21(28)26-13-11-25(12-14-26)15-18-7-3-2-4-8-18/h2-10,17H,11-16H2,1H3. The van der Waals surface area contributed by atoms with E-state index < -0.39 is 0 Å². The van der Waals surface area contributed by atoms with Crippen LogP contribution in [0.2, 0.25) is 0 Å². The van der Waals surface area contributed by atoms with E-state index in [0.717, 1.165) is 44.2 Å². The number of thioether (sulfide) groups is 1. The highest BCUT2D eigenvalue weighted by Crippen LogP contribution is 2.26. The van der Waals surface area contributed by atoms with Crippen LogP contribution >= 0.6 is 11.8 Å². The van der Waals surface area contributed by atoms with Crippen molar-refractivity contribution in [1.82, 2.24) is 24.6 Å². The van der Waals surface area contributed by atoms with Crippen molar-refractivity contribution in [2.75, 3.05) is 39.0 Å². The fourth-order valence-corrected chi connectivity index (χ4v) is 4.36. The van der Waals surface area contributed by atoms with Crippen LogP contribution in [0.15, 0.2) is 66.1 Å². The lowest BCUT2D eigenvalue weighted by atomic mass is 10.2. The Morgan fingerprint density at radius 1 is 1.03 bits per heavy atom. The van der Waals surface area contributed by atoms with Gasteiger partial charge in [0.05, 0.1) is 18.6 Å². The number of hydrogen-bond donors (Lipinski definition) is 0. The third-order valence-electron chi connectivity index (χ3n) is 5.16. The molecule has 0 aliphatic carbocycles. The van der Waals surface area contributed by atoms with Gasteiger partial charge < -0.3 is 9.64 Å². The van der Waals surface area contributed by atoms with E-state index in [4.69, 9.17) is 4.74 Å². The zero-order valence-electron chi connectivity index (χ0n) is 17.0. The first-order valence-electron chi connectivity index (χ1n) is 9.95. The number of aromatic nitrogens is 3. The van der Waals surface area contributed by atoms with Gasteiger partial charge in [-0.1, -0.05) is 54.2 Å². The summed E-state index contributed by atoms with van der Waals surface area (Å²) < 4.78 is 7.29. The molecule has 7 nitrogen and oxygen atoms in total. The van der Waals surface area contributed by atoms with E-state index in [1.165, 1.54) is 17.3 Å². The molecule has 1 amide bonds. The average Bonchev–Trinajstić information content (AvgIpc) is 3.27. The van der Waals surface area contributed by atoms with Crippen molar-refractivity contribution in [3.05, 3.63) is 66.5 Å². The number of benzene rings is 2. The first-order chi connectivity index (χ1) is 14.7. The van der Waals surface area contributed by atoms with Crippen LogP contribution in [-0.4, -0.2) is 69.5 Å². The predicted octanol–water partition coefficient (Wildman–Crippen LogP) is 2.71. The zero-order chi connectivity index (χ0) is 20.8. The first-order valence-corrected chi connectivity index (χ1v) is 10.9. The highest BCUT2D eigenvalue weighted by molar-refractivity contribution is 7.99. The first kappa shape index (κ1) is 20.4. The van der Waals surface area contributed by atoms with Crippen LogP contribution in [0.1, 0.15) is 5.56 Å². The molecule has 2 aromatic carbocycles. The van der Waals surface area contributed by atoms with Crippen molar-refractivity contribution in [3.8, 4) is 11.4 Å². The summed E-state index contributed by atoms with van der Waals surface area (Å²) in [6, 6.07) is 18.1. The van der Waals surface area contributed by atoms with Crippen molar-refractivity contribution >= 4 is 17.7 Å². The third-order valence-corrected chi connectivity index (χ3v) is 6.09. The Morgan fingerprint density at radius 2 is 1.77 bits per heavy atom. The number of methoxy groups -OCH3 is 1. The average molecular weight is 424 g/mol. The van der Waals surface area contributed by atoms with E-state index in [9.17, 15) is 4.79 Å². The molecule has 0 unspecified atom stereocenters. The molecule has 0 saturated carbocycles. The summed E-state index contributed by atoms with van der Waals surface area (Å²) in [6.45, 7) is 4.22. The highest BCUT2D eigenvalue weighted by atomic mass is 32.2. The van der Waals surface area contributed by atoms with Gasteiger partial charge in [0.2, 0.25) is 5.91 Å². The maximum Gasteiger partial charge on any atom is 0.233 e. The molecule has 3 aromatic rings. The molecule has 4 rings (SSSR count). The fraction of sp³-hybridized carbons (Fsp3) is 0.318. The van der Waals surface area contributed by atoms with E-state index in [2.05, 4.69) is 39.4 Å². The summed E-state index contributed by atoms with van der Waals surface area (Å²) >= 11 is 1.40. The molecule has 1 aliphatic rings. The van der Waals surface area contributed by atoms with Gasteiger partial charge in [-0.3, -0.25) is 14.3 Å². The molecular weight excluding hydrogens is 398 g/mol. The van der Waals surface area contributed by atoms with Gasteiger partial charge in [-0.15, -0.1) is 10.2 Å². The van der Waals surface area contributed by atoms with Gasteiger partial charge in [-0.2, -0.15) is 0 Å². The molecule has 0 spiro atoms. The van der Waals surface area contributed by atoms with Crippen molar-refractivity contribution in [2.24, 2.45) is 0 Å². The summed E-state index contributed by atoms with van der Waals surface area (Å²) in [4.78, 5) is 17.1. The Balaban J connectivity index is 1.31. The van der Waals surface area contributed by atoms with Gasteiger partial charge in [0.15, 0.2) is 5.16 Å². The molecule has 0 atom stereocenters. The zero-order valence-corrected chi connectivity index (χ0v) is 17.8. The monoisotopic (exact) mass is 423 g/mol. The van der Waals surface area contributed by atoms with Crippen LogP contribution in [0, 0.1) is 0 Å². The van der Waals surface area contributed by atoms with Crippen LogP contribution in [0.3, 0.4) is 0 Å². The smallest absolute Gasteiger partial charge is 0.233 e. The molecule has 1 aromatic heterocycles. The fourth-order valence-electron chi connectivity index (χ4n) is 3.53. The molecule has 0 N–H and O–H groups in total. The summed E-state index contributed by atoms with van der Waals surface area (Å²) in [5.74, 6) is 1.21. The Kier molecular flexibility index (Phi) is 6.66. The summed E-state index contributed by atoms with van der Waals surface area (Å²) in [5, 5.41) is 8.88. The number of ether oxygens (including phenoxy) is 1. The number of nitrogens with zero attached hydrogens (tertiary/aromatic N) is 5. The van der Waals surface area contributed by atoms with Gasteiger partial charge in [-0.25, -0.2) is 0 Å². The van der Waals surface area contributed by atoms with Gasteiger partial charge in [0.25, 0.3) is 0 Å². The number of para-hydroxylation sites is 2. The van der Waals surface area contributed by atoms with Gasteiger partial charge in [0.1, 0.15) is 12.1 Å². The SMILES string of the molecule is COc1ccccc1-n1cnnc1SCC(=O)N1CCN(Cc2ccccc2)CC1. The highest BCUT2D eigenvalue weighted by Gasteiger charge is 2.22.